The lowest BCUT2D eigenvalue weighted by molar-refractivity contribution is -0.139. The molecule has 19 heavy (non-hydrogen) atoms. The van der Waals surface area contributed by atoms with Crippen LogP contribution >= 0.6 is 15.9 Å². The van der Waals surface area contributed by atoms with E-state index in [1.54, 1.807) is 20.8 Å². The molecule has 0 bridgehead atoms. The van der Waals surface area contributed by atoms with Gasteiger partial charge in [-0.15, -0.1) is 0 Å². The molecule has 0 saturated carbocycles. The number of hydrogen-bond donors (Lipinski definition) is 2. The van der Waals surface area contributed by atoms with Gasteiger partial charge in [0.15, 0.2) is 0 Å². The maximum absolute atomic E-state index is 11.4. The van der Waals surface area contributed by atoms with Crippen molar-refractivity contribution in [2.75, 3.05) is 0 Å². The zero-order chi connectivity index (χ0) is 14.4. The van der Waals surface area contributed by atoms with Crippen molar-refractivity contribution in [1.29, 1.82) is 0 Å². The quantitative estimate of drug-likeness (QED) is 0.505. The van der Waals surface area contributed by atoms with Crippen LogP contribution < -0.4 is 10.7 Å². The average molecular weight is 326 g/mol. The second-order valence-electron chi connectivity index (χ2n) is 4.28. The number of halogens is 1. The number of hydrazone groups is 1. The van der Waals surface area contributed by atoms with E-state index in [4.69, 9.17) is 0 Å². The maximum Gasteiger partial charge on any atom is 0.329 e. The first-order chi connectivity index (χ1) is 8.90. The van der Waals surface area contributed by atoms with Gasteiger partial charge in [-0.3, -0.25) is 9.59 Å². The summed E-state index contributed by atoms with van der Waals surface area (Å²) in [6.45, 7) is 5.31. The Morgan fingerprint density at radius 2 is 1.95 bits per heavy atom. The molecule has 0 aliphatic heterocycles. The van der Waals surface area contributed by atoms with Crippen molar-refractivity contribution >= 4 is 33.5 Å². The molecule has 1 rings (SSSR count). The van der Waals surface area contributed by atoms with Gasteiger partial charge in [-0.1, -0.05) is 28.1 Å². The van der Waals surface area contributed by atoms with Gasteiger partial charge >= 0.3 is 11.8 Å². The monoisotopic (exact) mass is 325 g/mol. The van der Waals surface area contributed by atoms with Crippen LogP contribution in [0, 0.1) is 0 Å². The van der Waals surface area contributed by atoms with Gasteiger partial charge in [0, 0.05) is 10.5 Å². The average Bonchev–Trinajstić information content (AvgIpc) is 2.34. The van der Waals surface area contributed by atoms with E-state index in [-0.39, 0.29) is 6.04 Å². The summed E-state index contributed by atoms with van der Waals surface area (Å²) in [5, 5.41) is 6.39. The fourth-order valence-electron chi connectivity index (χ4n) is 1.29. The Morgan fingerprint density at radius 1 is 1.26 bits per heavy atom. The molecular formula is C13H16BrN3O2. The van der Waals surface area contributed by atoms with E-state index in [0.29, 0.717) is 5.71 Å². The summed E-state index contributed by atoms with van der Waals surface area (Å²) in [7, 11) is 0. The minimum Gasteiger partial charge on any atom is -0.346 e. The molecule has 0 fully saturated rings. The zero-order valence-corrected chi connectivity index (χ0v) is 12.6. The standard InChI is InChI=1S/C13H16BrN3O2/c1-8(2)15-12(18)13(19)17-16-9(3)10-5-4-6-11(14)7-10/h4-8H,1-3H3,(H,15,18)(H,17,19)/b16-9-. The third-order valence-electron chi connectivity index (χ3n) is 2.19. The molecule has 0 unspecified atom stereocenters. The van der Waals surface area contributed by atoms with Gasteiger partial charge in [-0.2, -0.15) is 5.10 Å². The molecule has 0 aromatic heterocycles. The Kier molecular flexibility index (Phi) is 5.69. The van der Waals surface area contributed by atoms with Crippen LogP contribution in [0.15, 0.2) is 33.8 Å². The number of amides is 2. The largest absolute Gasteiger partial charge is 0.346 e. The van der Waals surface area contributed by atoms with E-state index in [0.717, 1.165) is 10.0 Å². The summed E-state index contributed by atoms with van der Waals surface area (Å²) in [6, 6.07) is 7.41. The molecule has 102 valence electrons. The third-order valence-corrected chi connectivity index (χ3v) is 2.69. The summed E-state index contributed by atoms with van der Waals surface area (Å²) >= 11 is 3.35. The summed E-state index contributed by atoms with van der Waals surface area (Å²) in [4.78, 5) is 22.8. The number of nitrogens with one attached hydrogen (secondary N) is 2. The number of carbonyl (C=O) groups is 2. The van der Waals surface area contributed by atoms with Crippen LogP contribution in [-0.2, 0) is 9.59 Å². The van der Waals surface area contributed by atoms with Gasteiger partial charge in [-0.05, 0) is 38.5 Å². The lowest BCUT2D eigenvalue weighted by atomic mass is 10.1. The molecule has 0 spiro atoms. The van der Waals surface area contributed by atoms with E-state index >= 15 is 0 Å². The predicted molar refractivity (Wildman–Crippen MR) is 77.8 cm³/mol. The number of rotatable bonds is 3. The SMILES string of the molecule is C/C(=N/NC(=O)C(=O)NC(C)C)c1cccc(Br)c1. The van der Waals surface area contributed by atoms with Crippen molar-refractivity contribution in [2.45, 2.75) is 26.8 Å². The lowest BCUT2D eigenvalue weighted by Crippen LogP contribution is -2.41. The van der Waals surface area contributed by atoms with Crippen molar-refractivity contribution in [2.24, 2.45) is 5.10 Å². The zero-order valence-electron chi connectivity index (χ0n) is 11.0. The Bertz CT molecular complexity index is 512. The molecule has 2 N–H and O–H groups in total. The topological polar surface area (TPSA) is 70.6 Å². The fourth-order valence-corrected chi connectivity index (χ4v) is 1.69. The van der Waals surface area contributed by atoms with E-state index < -0.39 is 11.8 Å². The van der Waals surface area contributed by atoms with Crippen LogP contribution in [0.2, 0.25) is 0 Å². The summed E-state index contributed by atoms with van der Waals surface area (Å²) in [6.07, 6.45) is 0. The molecule has 2 amide bonds. The normalized spacial score (nSPS) is 11.3. The molecule has 0 aliphatic carbocycles. The minimum absolute atomic E-state index is 0.0894. The number of hydrogen-bond acceptors (Lipinski definition) is 3. The van der Waals surface area contributed by atoms with Gasteiger partial charge < -0.3 is 5.32 Å². The van der Waals surface area contributed by atoms with Crippen molar-refractivity contribution in [3.63, 3.8) is 0 Å². The highest BCUT2D eigenvalue weighted by Crippen LogP contribution is 2.12. The Hall–Kier alpha value is -1.69. The van der Waals surface area contributed by atoms with E-state index in [2.05, 4.69) is 31.8 Å². The highest BCUT2D eigenvalue weighted by molar-refractivity contribution is 9.10. The van der Waals surface area contributed by atoms with Crippen molar-refractivity contribution in [1.82, 2.24) is 10.7 Å². The second kappa shape index (κ2) is 7.04. The Balaban J connectivity index is 2.66. The molecule has 0 radical (unpaired) electrons. The molecule has 0 heterocycles. The third kappa shape index (κ3) is 5.21. The van der Waals surface area contributed by atoms with E-state index in [1.807, 2.05) is 24.3 Å². The van der Waals surface area contributed by atoms with E-state index in [9.17, 15) is 9.59 Å². The molecule has 5 nitrogen and oxygen atoms in total. The van der Waals surface area contributed by atoms with Crippen LogP contribution in [0.5, 0.6) is 0 Å². The Morgan fingerprint density at radius 3 is 2.53 bits per heavy atom. The van der Waals surface area contributed by atoms with Crippen LogP contribution in [0.4, 0.5) is 0 Å². The van der Waals surface area contributed by atoms with Gasteiger partial charge in [0.1, 0.15) is 0 Å². The van der Waals surface area contributed by atoms with Crippen LogP contribution in [0.3, 0.4) is 0 Å². The first-order valence-electron chi connectivity index (χ1n) is 5.81. The van der Waals surface area contributed by atoms with Crippen LogP contribution in [-0.4, -0.2) is 23.6 Å². The van der Waals surface area contributed by atoms with Crippen molar-refractivity contribution in [3.8, 4) is 0 Å². The highest BCUT2D eigenvalue weighted by atomic mass is 79.9. The van der Waals surface area contributed by atoms with Gasteiger partial charge in [0.25, 0.3) is 0 Å². The number of benzene rings is 1. The van der Waals surface area contributed by atoms with Gasteiger partial charge in [0.05, 0.1) is 5.71 Å². The summed E-state index contributed by atoms with van der Waals surface area (Å²) < 4.78 is 0.920. The van der Waals surface area contributed by atoms with E-state index in [1.165, 1.54) is 0 Å². The van der Waals surface area contributed by atoms with Crippen LogP contribution in [0.1, 0.15) is 26.3 Å². The van der Waals surface area contributed by atoms with Gasteiger partial charge in [0.2, 0.25) is 0 Å². The predicted octanol–water partition coefficient (Wildman–Crippen LogP) is 1.81. The first kappa shape index (κ1) is 15.4. The minimum atomic E-state index is -0.775. The lowest BCUT2D eigenvalue weighted by Gasteiger charge is -2.07. The number of carbonyl (C=O) groups excluding carboxylic acids is 2. The first-order valence-corrected chi connectivity index (χ1v) is 6.60. The van der Waals surface area contributed by atoms with Gasteiger partial charge in [-0.25, -0.2) is 5.43 Å². The molecule has 6 heteroatoms. The molecular weight excluding hydrogens is 310 g/mol. The molecule has 1 aromatic rings. The highest BCUT2D eigenvalue weighted by Gasteiger charge is 2.13. The summed E-state index contributed by atoms with van der Waals surface area (Å²) in [5.41, 5.74) is 3.70. The van der Waals surface area contributed by atoms with Crippen LogP contribution in [0.25, 0.3) is 0 Å². The Labute approximate surface area is 120 Å². The maximum atomic E-state index is 11.4. The molecule has 1 aromatic carbocycles. The van der Waals surface area contributed by atoms with Crippen molar-refractivity contribution in [3.05, 3.63) is 34.3 Å². The summed E-state index contributed by atoms with van der Waals surface area (Å²) in [5.74, 6) is -1.47. The molecule has 0 aliphatic rings. The molecule has 0 atom stereocenters. The smallest absolute Gasteiger partial charge is 0.329 e. The number of nitrogens with zero attached hydrogens (tertiary/aromatic N) is 1. The second-order valence-corrected chi connectivity index (χ2v) is 5.19. The molecule has 0 saturated heterocycles. The van der Waals surface area contributed by atoms with Crippen molar-refractivity contribution < 1.29 is 9.59 Å². The fraction of sp³-hybridized carbons (Fsp3) is 0.308.